The van der Waals surface area contributed by atoms with E-state index in [4.69, 9.17) is 0 Å². The Bertz CT molecular complexity index is 635. The molecule has 2 aromatic rings. The molecule has 0 heterocycles. The quantitative estimate of drug-likeness (QED) is 0.206. The molecular weight excluding hydrogens is 703 g/mol. The standard InChI is InChI=1S/C12H3Br7/c13-4-1-2-5(6(14)3-4)7-8(15)10(17)12(19)11(18)9(7)16/h1-3H. The van der Waals surface area contributed by atoms with Crippen LogP contribution in [0.2, 0.25) is 0 Å². The van der Waals surface area contributed by atoms with E-state index in [0.717, 1.165) is 42.4 Å². The average molecular weight is 706 g/mol. The van der Waals surface area contributed by atoms with Crippen molar-refractivity contribution in [2.75, 3.05) is 0 Å². The van der Waals surface area contributed by atoms with Crippen LogP contribution in [-0.2, 0) is 0 Å². The molecule has 0 atom stereocenters. The Labute approximate surface area is 170 Å². The zero-order chi connectivity index (χ0) is 14.3. The molecule has 0 aliphatic rings. The van der Waals surface area contributed by atoms with Crippen LogP contribution in [-0.4, -0.2) is 0 Å². The molecular formula is C12H3Br7. The van der Waals surface area contributed by atoms with E-state index in [-0.39, 0.29) is 0 Å². The van der Waals surface area contributed by atoms with Gasteiger partial charge in [-0.3, -0.25) is 0 Å². The minimum atomic E-state index is 0.961. The van der Waals surface area contributed by atoms with Crippen LogP contribution >= 0.6 is 112 Å². The Hall–Kier alpha value is 1.80. The minimum absolute atomic E-state index is 0.961. The van der Waals surface area contributed by atoms with Gasteiger partial charge in [0.2, 0.25) is 0 Å². The third kappa shape index (κ3) is 3.42. The summed E-state index contributed by atoms with van der Waals surface area (Å²) >= 11 is 25.1. The van der Waals surface area contributed by atoms with Crippen molar-refractivity contribution >= 4 is 112 Å². The second-order valence-electron chi connectivity index (χ2n) is 3.57. The van der Waals surface area contributed by atoms with Gasteiger partial charge in [-0.25, -0.2) is 0 Å². The highest BCUT2D eigenvalue weighted by atomic mass is 79.9. The first-order valence-corrected chi connectivity index (χ1v) is 10.4. The van der Waals surface area contributed by atoms with E-state index in [1.807, 2.05) is 12.1 Å². The van der Waals surface area contributed by atoms with E-state index in [2.05, 4.69) is 118 Å². The van der Waals surface area contributed by atoms with E-state index in [0.29, 0.717) is 0 Å². The number of hydrogen-bond donors (Lipinski definition) is 0. The summed E-state index contributed by atoms with van der Waals surface area (Å²) in [4.78, 5) is 0. The molecule has 7 heteroatoms. The van der Waals surface area contributed by atoms with Gasteiger partial charge >= 0.3 is 0 Å². The Balaban J connectivity index is 2.83. The maximum absolute atomic E-state index is 3.65. The van der Waals surface area contributed by atoms with Gasteiger partial charge in [0.05, 0.1) is 0 Å². The summed E-state index contributed by atoms with van der Waals surface area (Å²) in [6, 6.07) is 6.10. The van der Waals surface area contributed by atoms with Crippen molar-refractivity contribution < 1.29 is 0 Å². The number of rotatable bonds is 1. The zero-order valence-corrected chi connectivity index (χ0v) is 20.0. The summed E-state index contributed by atoms with van der Waals surface area (Å²) in [6.07, 6.45) is 0. The van der Waals surface area contributed by atoms with Gasteiger partial charge in [0, 0.05) is 36.9 Å². The predicted molar refractivity (Wildman–Crippen MR) is 106 cm³/mol. The highest BCUT2D eigenvalue weighted by Crippen LogP contribution is 2.50. The third-order valence-corrected chi connectivity index (χ3v) is 9.65. The lowest BCUT2D eigenvalue weighted by molar-refractivity contribution is 1.43. The largest absolute Gasteiger partial charge is 0.0520 e. The smallest absolute Gasteiger partial charge is 0.0482 e. The lowest BCUT2D eigenvalue weighted by Crippen LogP contribution is -1.89. The van der Waals surface area contributed by atoms with Crippen LogP contribution in [0, 0.1) is 0 Å². The molecule has 0 saturated heterocycles. The van der Waals surface area contributed by atoms with Crippen molar-refractivity contribution in [2.24, 2.45) is 0 Å². The monoisotopic (exact) mass is 699 g/mol. The Morgan fingerprint density at radius 1 is 0.579 bits per heavy atom. The van der Waals surface area contributed by atoms with Crippen molar-refractivity contribution in [3.8, 4) is 11.1 Å². The molecule has 0 N–H and O–H groups in total. The summed E-state index contributed by atoms with van der Waals surface area (Å²) in [6.45, 7) is 0. The zero-order valence-electron chi connectivity index (χ0n) is 8.88. The lowest BCUT2D eigenvalue weighted by Gasteiger charge is -2.15. The first-order chi connectivity index (χ1) is 8.84. The fourth-order valence-electron chi connectivity index (χ4n) is 1.53. The van der Waals surface area contributed by atoms with E-state index < -0.39 is 0 Å². The summed E-state index contributed by atoms with van der Waals surface area (Å²) in [5.41, 5.74) is 2.16. The summed E-state index contributed by atoms with van der Waals surface area (Å²) in [7, 11) is 0. The molecule has 0 aliphatic heterocycles. The molecule has 0 nitrogen and oxygen atoms in total. The molecule has 0 unspecified atom stereocenters. The van der Waals surface area contributed by atoms with E-state index in [1.165, 1.54) is 0 Å². The second-order valence-corrected chi connectivity index (χ2v) is 9.30. The molecule has 0 aliphatic carbocycles. The first-order valence-electron chi connectivity index (χ1n) is 4.81. The highest BCUT2D eigenvalue weighted by Gasteiger charge is 2.20. The van der Waals surface area contributed by atoms with Gasteiger partial charge in [0.25, 0.3) is 0 Å². The van der Waals surface area contributed by atoms with Crippen molar-refractivity contribution in [1.29, 1.82) is 0 Å². The van der Waals surface area contributed by atoms with Crippen LogP contribution in [0.5, 0.6) is 0 Å². The number of benzene rings is 2. The molecule has 0 fully saturated rings. The van der Waals surface area contributed by atoms with Crippen LogP contribution in [0.4, 0.5) is 0 Å². The first kappa shape index (κ1) is 17.2. The molecule has 0 spiro atoms. The Morgan fingerprint density at radius 3 is 1.53 bits per heavy atom. The lowest BCUT2D eigenvalue weighted by atomic mass is 10.1. The normalized spacial score (nSPS) is 10.9. The van der Waals surface area contributed by atoms with Gasteiger partial charge in [-0.1, -0.05) is 37.9 Å². The Kier molecular flexibility index (Phi) is 6.25. The maximum atomic E-state index is 3.65. The average Bonchev–Trinajstić information content (AvgIpc) is 2.37. The van der Waals surface area contributed by atoms with E-state index in [9.17, 15) is 0 Å². The van der Waals surface area contributed by atoms with Crippen LogP contribution in [0.3, 0.4) is 0 Å². The summed E-state index contributed by atoms with van der Waals surface area (Å²) in [5.74, 6) is 0. The fourth-order valence-corrected chi connectivity index (χ4v) is 6.25. The topological polar surface area (TPSA) is 0 Å². The SMILES string of the molecule is Brc1ccc(-c2c(Br)c(Br)c(Br)c(Br)c2Br)c(Br)c1. The van der Waals surface area contributed by atoms with Gasteiger partial charge in [-0.05, 0) is 97.3 Å². The van der Waals surface area contributed by atoms with Crippen LogP contribution in [0.15, 0.2) is 49.5 Å². The molecule has 19 heavy (non-hydrogen) atoms. The number of hydrogen-bond acceptors (Lipinski definition) is 0. The molecule has 0 aromatic heterocycles. The van der Waals surface area contributed by atoms with Crippen molar-refractivity contribution in [3.63, 3.8) is 0 Å². The molecule has 0 bridgehead atoms. The molecule has 2 aromatic carbocycles. The highest BCUT2D eigenvalue weighted by molar-refractivity contribution is 9.16. The van der Waals surface area contributed by atoms with Gasteiger partial charge in [0.15, 0.2) is 0 Å². The molecule has 0 radical (unpaired) electrons. The van der Waals surface area contributed by atoms with E-state index >= 15 is 0 Å². The maximum Gasteiger partial charge on any atom is 0.0482 e. The summed E-state index contributed by atoms with van der Waals surface area (Å²) in [5, 5.41) is 0. The van der Waals surface area contributed by atoms with Gasteiger partial charge in [-0.15, -0.1) is 0 Å². The number of halogens is 7. The van der Waals surface area contributed by atoms with Crippen molar-refractivity contribution in [2.45, 2.75) is 0 Å². The van der Waals surface area contributed by atoms with Crippen LogP contribution < -0.4 is 0 Å². The molecule has 0 amide bonds. The molecule has 100 valence electrons. The predicted octanol–water partition coefficient (Wildman–Crippen LogP) is 8.69. The third-order valence-electron chi connectivity index (χ3n) is 2.41. The van der Waals surface area contributed by atoms with Crippen molar-refractivity contribution in [1.82, 2.24) is 0 Å². The van der Waals surface area contributed by atoms with Gasteiger partial charge in [0.1, 0.15) is 0 Å². The fraction of sp³-hybridized carbons (Fsp3) is 0. The minimum Gasteiger partial charge on any atom is -0.0520 e. The van der Waals surface area contributed by atoms with Crippen LogP contribution in [0.1, 0.15) is 0 Å². The molecule has 2 rings (SSSR count). The van der Waals surface area contributed by atoms with Crippen LogP contribution in [0.25, 0.3) is 11.1 Å². The second kappa shape index (κ2) is 6.92. The van der Waals surface area contributed by atoms with Crippen molar-refractivity contribution in [3.05, 3.63) is 49.5 Å². The summed E-state index contributed by atoms with van der Waals surface area (Å²) < 4.78 is 6.91. The Morgan fingerprint density at radius 2 is 1.05 bits per heavy atom. The molecule has 0 saturated carbocycles. The van der Waals surface area contributed by atoms with Gasteiger partial charge in [-0.2, -0.15) is 0 Å². The van der Waals surface area contributed by atoms with E-state index in [1.54, 1.807) is 0 Å². The van der Waals surface area contributed by atoms with Gasteiger partial charge < -0.3 is 0 Å².